The molecule has 73 heavy (non-hydrogen) atoms. The molecule has 0 radical (unpaired) electrons. The van der Waals surface area contributed by atoms with E-state index in [9.17, 15) is 35.5 Å². The second-order valence-corrected chi connectivity index (χ2v) is 21.0. The van der Waals surface area contributed by atoms with Crippen LogP contribution in [0.2, 0.25) is 0 Å². The van der Waals surface area contributed by atoms with Crippen LogP contribution < -0.4 is 41.8 Å². The Morgan fingerprint density at radius 1 is 0.699 bits per heavy atom. The summed E-state index contributed by atoms with van der Waals surface area (Å²) in [6, 6.07) is 16.2. The molecule has 0 fully saturated rings. The maximum absolute atomic E-state index is 14.4. The van der Waals surface area contributed by atoms with Gasteiger partial charge < -0.3 is 32.5 Å². The summed E-state index contributed by atoms with van der Waals surface area (Å²) in [5, 5.41) is 22.0. The summed E-state index contributed by atoms with van der Waals surface area (Å²) in [6.45, 7) is 15.1. The van der Waals surface area contributed by atoms with Gasteiger partial charge in [0.1, 0.15) is 23.3 Å². The fourth-order valence-corrected chi connectivity index (χ4v) is 8.55. The molecule has 20 nitrogen and oxygen atoms in total. The lowest BCUT2D eigenvalue weighted by Gasteiger charge is -2.19. The molecular weight excluding hydrogens is 983 g/mol. The molecule has 7 rings (SSSR count). The predicted octanol–water partition coefficient (Wildman–Crippen LogP) is 6.83. The predicted molar refractivity (Wildman–Crippen MR) is 276 cm³/mol. The molecule has 0 saturated carbocycles. The quantitative estimate of drug-likeness (QED) is 0.0363. The lowest BCUT2D eigenvalue weighted by atomic mass is 9.94. The van der Waals surface area contributed by atoms with Gasteiger partial charge >= 0.3 is 16.1 Å². The van der Waals surface area contributed by atoms with Crippen molar-refractivity contribution in [2.24, 2.45) is 4.40 Å². The van der Waals surface area contributed by atoms with Crippen molar-refractivity contribution in [2.45, 2.75) is 89.4 Å². The number of halogens is 2. The Kier molecular flexibility index (Phi) is 18.0. The third-order valence-corrected chi connectivity index (χ3v) is 13.1. The SMILES string of the molecule is CC(C)c1cc(F)cc(-c2ccnc(N)c2)c1N.CC(C)c1cc(F)cc(-c2ccnc(N)c2)c1NC(=O)NS(=O)(=O)c1ccn(C(C)C)n1.CC(C)n1ccc(S(=O)(=O)N=C([O-])[n+]2ccc(N(C)C)cc2)n1. The van der Waals surface area contributed by atoms with E-state index in [2.05, 4.69) is 29.9 Å². The van der Waals surface area contributed by atoms with Gasteiger partial charge in [0, 0.05) is 90.0 Å². The summed E-state index contributed by atoms with van der Waals surface area (Å²) in [5.74, 6) is -0.190. The molecule has 0 unspecified atom stereocenters. The molecule has 0 aliphatic rings. The third-order valence-electron chi connectivity index (χ3n) is 10.7. The molecule has 0 saturated heterocycles. The zero-order chi connectivity index (χ0) is 54.1. The van der Waals surface area contributed by atoms with Crippen LogP contribution in [0, 0.1) is 11.6 Å². The Morgan fingerprint density at radius 2 is 1.18 bits per heavy atom. The number of hydrogen-bond acceptors (Lipinski definition) is 14. The molecule has 8 N–H and O–H groups in total. The number of urea groups is 1. The summed E-state index contributed by atoms with van der Waals surface area (Å²) in [4.78, 5) is 22.4. The first-order chi connectivity index (χ1) is 34.2. The summed E-state index contributed by atoms with van der Waals surface area (Å²) >= 11 is 0. The zero-order valence-corrected chi connectivity index (χ0v) is 43.6. The number of nitrogens with zero attached hydrogens (tertiary/aromatic N) is 9. The number of carbonyl (C=O) groups excluding carboxylic acids is 1. The van der Waals surface area contributed by atoms with E-state index in [4.69, 9.17) is 17.2 Å². The summed E-state index contributed by atoms with van der Waals surface area (Å²) in [7, 11) is -4.63. The van der Waals surface area contributed by atoms with Crippen molar-refractivity contribution < 1.29 is 40.1 Å². The number of pyridine rings is 3. The summed E-state index contributed by atoms with van der Waals surface area (Å²) < 4.78 is 86.8. The molecule has 2 aromatic carbocycles. The first-order valence-corrected chi connectivity index (χ1v) is 25.6. The number of nitrogens with two attached hydrogens (primary N) is 3. The molecule has 5 heterocycles. The molecule has 24 heteroatoms. The Morgan fingerprint density at radius 3 is 1.66 bits per heavy atom. The Balaban J connectivity index is 0.000000212. The molecule has 7 aromatic rings. The van der Waals surface area contributed by atoms with Crippen LogP contribution in [-0.2, 0) is 20.0 Å². The minimum atomic E-state index is -4.22. The fourth-order valence-electron chi connectivity index (χ4n) is 6.89. The van der Waals surface area contributed by atoms with E-state index in [1.807, 2.05) is 79.1 Å². The van der Waals surface area contributed by atoms with Crippen molar-refractivity contribution in [3.63, 3.8) is 0 Å². The first-order valence-electron chi connectivity index (χ1n) is 22.7. The monoisotopic (exact) mass is 1040 g/mol. The van der Waals surface area contributed by atoms with Gasteiger partial charge in [0.15, 0.2) is 5.03 Å². The van der Waals surface area contributed by atoms with Crippen LogP contribution in [0.25, 0.3) is 22.3 Å². The highest BCUT2D eigenvalue weighted by atomic mass is 32.2. The van der Waals surface area contributed by atoms with E-state index in [0.717, 1.165) is 21.4 Å². The number of hydrogen-bond donors (Lipinski definition) is 5. The van der Waals surface area contributed by atoms with Gasteiger partial charge in [0.05, 0.1) is 18.1 Å². The van der Waals surface area contributed by atoms with E-state index in [-0.39, 0.29) is 51.3 Å². The van der Waals surface area contributed by atoms with E-state index in [1.54, 1.807) is 36.5 Å². The number of anilines is 5. The summed E-state index contributed by atoms with van der Waals surface area (Å²) in [6.07, 6.45) is 9.03. The molecule has 0 bridgehead atoms. The zero-order valence-electron chi connectivity index (χ0n) is 42.0. The second kappa shape index (κ2) is 23.5. The van der Waals surface area contributed by atoms with Crippen LogP contribution in [0.15, 0.2) is 124 Å². The van der Waals surface area contributed by atoms with Crippen LogP contribution in [0.4, 0.5) is 42.3 Å². The number of nitrogen functional groups attached to an aromatic ring is 3. The van der Waals surface area contributed by atoms with Crippen molar-refractivity contribution in [3.8, 4) is 22.3 Å². The highest BCUT2D eigenvalue weighted by molar-refractivity contribution is 7.90. The van der Waals surface area contributed by atoms with Gasteiger partial charge in [-0.25, -0.2) is 32.8 Å². The normalized spacial score (nSPS) is 11.8. The van der Waals surface area contributed by atoms with Crippen LogP contribution in [0.3, 0.4) is 0 Å². The average molecular weight is 1040 g/mol. The van der Waals surface area contributed by atoms with Crippen LogP contribution in [0.5, 0.6) is 0 Å². The molecule has 388 valence electrons. The van der Waals surface area contributed by atoms with Crippen LogP contribution in [-0.4, -0.2) is 72.5 Å². The topological polar surface area (TPSA) is 291 Å². The highest BCUT2D eigenvalue weighted by Gasteiger charge is 2.26. The largest absolute Gasteiger partial charge is 0.806 e. The van der Waals surface area contributed by atoms with E-state index in [0.29, 0.717) is 33.8 Å². The first kappa shape index (κ1) is 55.9. The number of carbonyl (C=O) groups is 1. The van der Waals surface area contributed by atoms with E-state index >= 15 is 0 Å². The smallest absolute Gasteiger partial charge is 0.388 e. The van der Waals surface area contributed by atoms with Gasteiger partial charge in [-0.2, -0.15) is 27.0 Å². The number of amides is 2. The molecule has 5 aromatic heterocycles. The van der Waals surface area contributed by atoms with Gasteiger partial charge in [-0.3, -0.25) is 9.36 Å². The molecule has 2 amide bonds. The van der Waals surface area contributed by atoms with Crippen molar-refractivity contribution in [1.29, 1.82) is 0 Å². The Labute approximate surface area is 423 Å². The van der Waals surface area contributed by atoms with Crippen molar-refractivity contribution >= 4 is 60.8 Å². The standard InChI is InChI=1S/C21H25FN6O3S.C14H16FN3.C14H19N5O3S/c1-12(2)16-10-15(22)11-17(14-5-7-24-18(23)9-14)20(16)25-21(29)27-32(30,31)19-6-8-28(26-19)13(3)4;1-8(2)11-6-10(15)7-12(14(11)17)9-3-4-18-13(16)5-9;1-11(2)19-10-7-13(15-19)23(21,22)16-14(20)18-8-5-12(6-9-18)17(3)4/h5-13H,1-4H3,(H2,23,24)(H2,25,27,29);3-8H,17H2,1-2H3,(H2,16,18);5-11H,1-4H3. The van der Waals surface area contributed by atoms with E-state index < -0.39 is 37.9 Å². The van der Waals surface area contributed by atoms with Gasteiger partial charge in [0.2, 0.25) is 5.03 Å². The molecule has 0 atom stereocenters. The molecule has 0 aliphatic carbocycles. The van der Waals surface area contributed by atoms with Gasteiger partial charge in [-0.1, -0.05) is 27.7 Å². The minimum absolute atomic E-state index is 0.0163. The minimum Gasteiger partial charge on any atom is -0.806 e. The van der Waals surface area contributed by atoms with Crippen LogP contribution >= 0.6 is 0 Å². The van der Waals surface area contributed by atoms with Crippen LogP contribution in [0.1, 0.15) is 90.4 Å². The van der Waals surface area contributed by atoms with Gasteiger partial charge in [-0.05, 0) is 122 Å². The fraction of sp³-hybridized carbons (Fsp3) is 0.286. The molecule has 0 aliphatic heterocycles. The lowest BCUT2D eigenvalue weighted by Crippen LogP contribution is -2.51. The van der Waals surface area contributed by atoms with Crippen molar-refractivity contribution in [3.05, 3.63) is 133 Å². The number of rotatable bonds is 12. The maximum atomic E-state index is 14.4. The second-order valence-electron chi connectivity index (χ2n) is 17.8. The van der Waals surface area contributed by atoms with Crippen molar-refractivity contribution in [1.82, 2.24) is 34.3 Å². The number of nitrogens with one attached hydrogen (secondary N) is 2. The van der Waals surface area contributed by atoms with Gasteiger partial charge in [0.25, 0.3) is 16.0 Å². The number of benzene rings is 2. The number of sulfonamides is 2. The van der Waals surface area contributed by atoms with E-state index in [1.165, 1.54) is 82.8 Å². The maximum Gasteiger partial charge on any atom is 0.388 e. The Hall–Kier alpha value is -7.99. The highest BCUT2D eigenvalue weighted by Crippen LogP contribution is 2.37. The molecule has 0 spiro atoms. The molecular formula is C49H60F2N14O6S2. The summed E-state index contributed by atoms with van der Waals surface area (Å²) in [5.41, 5.74) is 22.9. The lowest BCUT2D eigenvalue weighted by molar-refractivity contribution is -0.613. The van der Waals surface area contributed by atoms with Gasteiger partial charge in [-0.15, -0.1) is 0 Å². The average Bonchev–Trinajstić information content (AvgIpc) is 4.04. The Bertz CT molecular complexity index is 3320. The number of aromatic nitrogens is 7. The third kappa shape index (κ3) is 14.6. The van der Waals surface area contributed by atoms with Crippen molar-refractivity contribution in [2.75, 3.05) is 41.5 Å².